The zero-order valence-electron chi connectivity index (χ0n) is 20.5. The van der Waals surface area contributed by atoms with Crippen molar-refractivity contribution >= 4 is 29.1 Å². The molecule has 190 valence electrons. The minimum Gasteiger partial charge on any atom is -0.508 e. The van der Waals surface area contributed by atoms with Gasteiger partial charge in [0.15, 0.2) is 0 Å². The van der Waals surface area contributed by atoms with Gasteiger partial charge in [-0.05, 0) is 67.4 Å². The molecule has 0 spiro atoms. The average Bonchev–Trinajstić information content (AvgIpc) is 3.18. The maximum Gasteiger partial charge on any atom is 0.338 e. The van der Waals surface area contributed by atoms with Crippen LogP contribution in [0.3, 0.4) is 0 Å². The van der Waals surface area contributed by atoms with Crippen molar-refractivity contribution in [1.82, 2.24) is 0 Å². The minimum absolute atomic E-state index is 0.0141. The number of aromatic hydroxyl groups is 1. The second kappa shape index (κ2) is 11.0. The van der Waals surface area contributed by atoms with Crippen molar-refractivity contribution in [3.63, 3.8) is 0 Å². The summed E-state index contributed by atoms with van der Waals surface area (Å²) in [7, 11) is 0. The van der Waals surface area contributed by atoms with Gasteiger partial charge in [0, 0.05) is 11.3 Å². The zero-order valence-corrected chi connectivity index (χ0v) is 20.5. The van der Waals surface area contributed by atoms with Crippen LogP contribution < -0.4 is 9.64 Å². The van der Waals surface area contributed by atoms with Gasteiger partial charge >= 0.3 is 5.97 Å². The molecule has 8 heteroatoms. The molecule has 37 heavy (non-hydrogen) atoms. The van der Waals surface area contributed by atoms with E-state index in [4.69, 9.17) is 9.47 Å². The van der Waals surface area contributed by atoms with Crippen LogP contribution in [0.4, 0.5) is 5.69 Å². The van der Waals surface area contributed by atoms with Crippen molar-refractivity contribution in [3.8, 4) is 11.5 Å². The van der Waals surface area contributed by atoms with Gasteiger partial charge < -0.3 is 19.7 Å². The van der Waals surface area contributed by atoms with E-state index < -0.39 is 23.7 Å². The van der Waals surface area contributed by atoms with Gasteiger partial charge in [-0.2, -0.15) is 0 Å². The van der Waals surface area contributed by atoms with Crippen molar-refractivity contribution in [1.29, 1.82) is 0 Å². The Morgan fingerprint density at radius 2 is 1.65 bits per heavy atom. The van der Waals surface area contributed by atoms with Crippen LogP contribution in [0.2, 0.25) is 0 Å². The lowest BCUT2D eigenvalue weighted by Crippen LogP contribution is -2.29. The molecule has 8 nitrogen and oxygen atoms in total. The first kappa shape index (κ1) is 25.5. The van der Waals surface area contributed by atoms with Gasteiger partial charge in [-0.3, -0.25) is 14.5 Å². The van der Waals surface area contributed by atoms with Crippen LogP contribution in [0.25, 0.3) is 5.76 Å². The molecule has 1 atom stereocenters. The molecule has 4 rings (SSSR count). The smallest absolute Gasteiger partial charge is 0.338 e. The van der Waals surface area contributed by atoms with E-state index in [1.54, 1.807) is 55.5 Å². The fourth-order valence-corrected chi connectivity index (χ4v) is 4.15. The Kier molecular flexibility index (Phi) is 7.57. The number of carbonyl (C=O) groups excluding carboxylic acids is 3. The normalized spacial score (nSPS) is 16.6. The predicted octanol–water partition coefficient (Wildman–Crippen LogP) is 4.98. The lowest BCUT2D eigenvalue weighted by Gasteiger charge is -2.25. The Bertz CT molecular complexity index is 1340. The molecule has 3 aromatic carbocycles. The number of phenolic OH excluding ortho intramolecular Hbond substituents is 1. The van der Waals surface area contributed by atoms with Gasteiger partial charge in [-0.1, -0.05) is 31.2 Å². The monoisotopic (exact) mass is 501 g/mol. The van der Waals surface area contributed by atoms with E-state index >= 15 is 0 Å². The first-order valence-electron chi connectivity index (χ1n) is 12.0. The van der Waals surface area contributed by atoms with E-state index in [0.717, 1.165) is 6.42 Å². The molecule has 0 bridgehead atoms. The molecule has 1 heterocycles. The lowest BCUT2D eigenvalue weighted by molar-refractivity contribution is -0.132. The summed E-state index contributed by atoms with van der Waals surface area (Å²) in [4.78, 5) is 39.9. The third-order valence-corrected chi connectivity index (χ3v) is 5.89. The number of rotatable bonds is 8. The Labute approximate surface area is 214 Å². The Morgan fingerprint density at radius 3 is 2.30 bits per heavy atom. The summed E-state index contributed by atoms with van der Waals surface area (Å²) in [6, 6.07) is 17.9. The van der Waals surface area contributed by atoms with Gasteiger partial charge in [0.05, 0.1) is 30.4 Å². The largest absolute Gasteiger partial charge is 0.508 e. The predicted molar refractivity (Wildman–Crippen MR) is 138 cm³/mol. The summed E-state index contributed by atoms with van der Waals surface area (Å²) in [5, 5.41) is 21.1. The van der Waals surface area contributed by atoms with E-state index in [2.05, 4.69) is 0 Å². The van der Waals surface area contributed by atoms with Crippen molar-refractivity contribution in [2.45, 2.75) is 26.3 Å². The van der Waals surface area contributed by atoms with Gasteiger partial charge in [0.2, 0.25) is 0 Å². The molecule has 1 aliphatic rings. The molecule has 0 aromatic heterocycles. The van der Waals surface area contributed by atoms with Crippen LogP contribution >= 0.6 is 0 Å². The Hall–Kier alpha value is -4.59. The molecular formula is C29H27NO7. The summed E-state index contributed by atoms with van der Waals surface area (Å²) < 4.78 is 10.7. The topological polar surface area (TPSA) is 113 Å². The number of nitrogens with zero attached hydrogens (tertiary/aromatic N) is 1. The summed E-state index contributed by atoms with van der Waals surface area (Å²) >= 11 is 0. The number of amides is 1. The maximum atomic E-state index is 13.3. The first-order chi connectivity index (χ1) is 17.8. The lowest BCUT2D eigenvalue weighted by atomic mass is 9.95. The molecule has 2 N–H and O–H groups in total. The van der Waals surface area contributed by atoms with Crippen LogP contribution in [0.5, 0.6) is 11.5 Å². The molecular weight excluding hydrogens is 474 g/mol. The fraction of sp³-hybridized carbons (Fsp3) is 0.207. The average molecular weight is 502 g/mol. The van der Waals surface area contributed by atoms with Crippen LogP contribution in [0, 0.1) is 0 Å². The number of phenols is 1. The first-order valence-corrected chi connectivity index (χ1v) is 12.0. The third-order valence-electron chi connectivity index (χ3n) is 5.89. The second-order valence-electron chi connectivity index (χ2n) is 8.40. The van der Waals surface area contributed by atoms with Crippen LogP contribution in [0.1, 0.15) is 47.8 Å². The highest BCUT2D eigenvalue weighted by Crippen LogP contribution is 2.42. The van der Waals surface area contributed by atoms with E-state index in [-0.39, 0.29) is 23.7 Å². The number of hydrogen-bond donors (Lipinski definition) is 2. The molecule has 1 fully saturated rings. The van der Waals surface area contributed by atoms with Crippen molar-refractivity contribution < 1.29 is 34.1 Å². The van der Waals surface area contributed by atoms with Gasteiger partial charge in [-0.15, -0.1) is 0 Å². The number of anilines is 1. The molecule has 1 amide bonds. The molecule has 3 aromatic rings. The second-order valence-corrected chi connectivity index (χ2v) is 8.40. The Morgan fingerprint density at radius 1 is 0.946 bits per heavy atom. The molecule has 0 radical (unpaired) electrons. The van der Waals surface area contributed by atoms with Crippen LogP contribution in [0.15, 0.2) is 78.4 Å². The Balaban J connectivity index is 1.83. The molecule has 0 aliphatic carbocycles. The maximum absolute atomic E-state index is 13.3. The summed E-state index contributed by atoms with van der Waals surface area (Å²) in [5.74, 6) is -2.00. The van der Waals surface area contributed by atoms with Crippen molar-refractivity contribution in [2.75, 3.05) is 18.1 Å². The number of benzene rings is 3. The molecule has 0 saturated carbocycles. The molecule has 1 unspecified atom stereocenters. The van der Waals surface area contributed by atoms with E-state index in [9.17, 15) is 24.6 Å². The van der Waals surface area contributed by atoms with E-state index in [0.29, 0.717) is 34.7 Å². The quantitative estimate of drug-likeness (QED) is 0.194. The van der Waals surface area contributed by atoms with E-state index in [1.807, 2.05) is 6.92 Å². The highest BCUT2D eigenvalue weighted by atomic mass is 16.5. The number of Topliss-reactive ketones (excluding diaryl/α,β-unsaturated/α-hetero) is 1. The zero-order chi connectivity index (χ0) is 26.5. The third kappa shape index (κ3) is 5.18. The minimum atomic E-state index is -0.978. The summed E-state index contributed by atoms with van der Waals surface area (Å²) in [6.45, 7) is 4.39. The number of ether oxygens (including phenoxy) is 2. The van der Waals surface area contributed by atoms with Gasteiger partial charge in [0.25, 0.3) is 11.7 Å². The highest BCUT2D eigenvalue weighted by molar-refractivity contribution is 6.51. The summed E-state index contributed by atoms with van der Waals surface area (Å²) in [6.07, 6.45) is 0.803. The van der Waals surface area contributed by atoms with E-state index in [1.165, 1.54) is 29.2 Å². The SMILES string of the molecule is CCCOc1cccc(/C(O)=C2\C(=O)C(=O)N(c3ccc(C(=O)OCC)cc3)C2c2ccc(O)cc2)c1. The number of esters is 1. The number of aliphatic hydroxyl groups excluding tert-OH is 1. The number of carbonyl (C=O) groups is 3. The van der Waals surface area contributed by atoms with Crippen molar-refractivity contribution in [2.24, 2.45) is 0 Å². The van der Waals surface area contributed by atoms with Gasteiger partial charge in [0.1, 0.15) is 17.3 Å². The number of ketones is 1. The van der Waals surface area contributed by atoms with Crippen molar-refractivity contribution in [3.05, 3.63) is 95.1 Å². The molecule has 1 saturated heterocycles. The number of hydrogen-bond acceptors (Lipinski definition) is 7. The standard InChI is InChI=1S/C29H27NO7/c1-3-16-37-23-7-5-6-20(17-23)26(32)24-25(18-10-14-22(31)15-11-18)30(28(34)27(24)33)21-12-8-19(9-13-21)29(35)36-4-2/h5-15,17,25,31-32H,3-4,16H2,1-2H3/b26-24+. The summed E-state index contributed by atoms with van der Waals surface area (Å²) in [5.41, 5.74) is 1.39. The highest BCUT2D eigenvalue weighted by Gasteiger charge is 2.47. The fourth-order valence-electron chi connectivity index (χ4n) is 4.15. The van der Waals surface area contributed by atoms with Gasteiger partial charge in [-0.25, -0.2) is 4.79 Å². The number of aliphatic hydroxyl groups is 1. The van der Waals surface area contributed by atoms with Crippen LogP contribution in [-0.4, -0.2) is 41.1 Å². The molecule has 1 aliphatic heterocycles. The van der Waals surface area contributed by atoms with Crippen LogP contribution in [-0.2, 0) is 14.3 Å².